The first kappa shape index (κ1) is 13.9. The van der Waals surface area contributed by atoms with Crippen LogP contribution in [0.1, 0.15) is 48.5 Å². The fourth-order valence-electron chi connectivity index (χ4n) is 3.01. The highest BCUT2D eigenvalue weighted by Gasteiger charge is 2.22. The third-order valence-electron chi connectivity index (χ3n) is 4.36. The lowest BCUT2D eigenvalue weighted by atomic mass is 9.86. The van der Waals surface area contributed by atoms with E-state index < -0.39 is 5.97 Å². The van der Waals surface area contributed by atoms with Gasteiger partial charge in [0, 0.05) is 18.8 Å². The summed E-state index contributed by atoms with van der Waals surface area (Å²) in [7, 11) is 2.13. The van der Waals surface area contributed by atoms with Gasteiger partial charge in [-0.1, -0.05) is 6.92 Å². The van der Waals surface area contributed by atoms with E-state index in [0.29, 0.717) is 11.6 Å². The van der Waals surface area contributed by atoms with Crippen LogP contribution >= 0.6 is 0 Å². The molecule has 104 valence electrons. The van der Waals surface area contributed by atoms with E-state index in [4.69, 9.17) is 5.11 Å². The van der Waals surface area contributed by atoms with Crippen molar-refractivity contribution in [2.24, 2.45) is 5.92 Å². The molecule has 1 saturated carbocycles. The van der Waals surface area contributed by atoms with Crippen molar-refractivity contribution < 1.29 is 9.90 Å². The van der Waals surface area contributed by atoms with Crippen LogP contribution in [0.25, 0.3) is 0 Å². The molecule has 1 aromatic carbocycles. The fourth-order valence-corrected chi connectivity index (χ4v) is 3.01. The van der Waals surface area contributed by atoms with Crippen LogP contribution in [-0.4, -0.2) is 24.2 Å². The Kier molecular flexibility index (Phi) is 4.13. The summed E-state index contributed by atoms with van der Waals surface area (Å²) in [6, 6.07) is 5.99. The van der Waals surface area contributed by atoms with Crippen molar-refractivity contribution in [2.45, 2.75) is 45.6 Å². The lowest BCUT2D eigenvalue weighted by molar-refractivity contribution is 0.0697. The maximum absolute atomic E-state index is 11.0. The molecule has 0 saturated heterocycles. The lowest BCUT2D eigenvalue weighted by Gasteiger charge is -2.36. The van der Waals surface area contributed by atoms with E-state index >= 15 is 0 Å². The molecule has 1 fully saturated rings. The number of anilines is 1. The minimum absolute atomic E-state index is 0.368. The first-order chi connectivity index (χ1) is 8.99. The lowest BCUT2D eigenvalue weighted by Crippen LogP contribution is -2.35. The van der Waals surface area contributed by atoms with Gasteiger partial charge in [0.1, 0.15) is 0 Å². The van der Waals surface area contributed by atoms with Crippen LogP contribution in [0, 0.1) is 12.8 Å². The van der Waals surface area contributed by atoms with Crippen LogP contribution in [0.5, 0.6) is 0 Å². The molecule has 1 aliphatic rings. The second kappa shape index (κ2) is 5.64. The molecule has 1 N–H and O–H groups in total. The minimum atomic E-state index is -0.858. The highest BCUT2D eigenvalue weighted by atomic mass is 16.4. The maximum Gasteiger partial charge on any atom is 0.335 e. The van der Waals surface area contributed by atoms with Gasteiger partial charge in [0.15, 0.2) is 0 Å². The van der Waals surface area contributed by atoms with Crippen LogP contribution in [0.4, 0.5) is 5.69 Å². The number of aromatic carboxylic acids is 1. The van der Waals surface area contributed by atoms with E-state index in [1.165, 1.54) is 25.7 Å². The molecule has 0 amide bonds. The zero-order valence-electron chi connectivity index (χ0n) is 12.0. The van der Waals surface area contributed by atoms with Crippen molar-refractivity contribution in [3.05, 3.63) is 29.3 Å². The maximum atomic E-state index is 11.0. The Morgan fingerprint density at radius 1 is 1.26 bits per heavy atom. The molecule has 0 unspecified atom stereocenters. The Morgan fingerprint density at radius 3 is 2.42 bits per heavy atom. The summed E-state index contributed by atoms with van der Waals surface area (Å²) >= 11 is 0. The molecule has 3 heteroatoms. The van der Waals surface area contributed by atoms with E-state index in [0.717, 1.165) is 17.2 Å². The molecule has 0 aromatic heterocycles. The molecule has 3 nitrogen and oxygen atoms in total. The van der Waals surface area contributed by atoms with Crippen LogP contribution in [0.15, 0.2) is 18.2 Å². The summed E-state index contributed by atoms with van der Waals surface area (Å²) < 4.78 is 0. The third-order valence-corrected chi connectivity index (χ3v) is 4.36. The normalized spacial score (nSPS) is 23.1. The molecule has 1 aliphatic carbocycles. The van der Waals surface area contributed by atoms with Crippen LogP contribution in [-0.2, 0) is 0 Å². The van der Waals surface area contributed by atoms with Gasteiger partial charge < -0.3 is 10.0 Å². The van der Waals surface area contributed by atoms with Gasteiger partial charge in [0.25, 0.3) is 0 Å². The fraction of sp³-hybridized carbons (Fsp3) is 0.562. The second-order valence-corrected chi connectivity index (χ2v) is 5.83. The van der Waals surface area contributed by atoms with Gasteiger partial charge in [-0.05, 0) is 62.3 Å². The molecule has 0 atom stereocenters. The Balaban J connectivity index is 2.15. The van der Waals surface area contributed by atoms with E-state index in [9.17, 15) is 4.79 Å². The molecule has 2 rings (SSSR count). The first-order valence-corrected chi connectivity index (χ1v) is 7.06. The number of aryl methyl sites for hydroxylation is 1. The summed E-state index contributed by atoms with van der Waals surface area (Å²) in [6.07, 6.45) is 5.05. The predicted octanol–water partition coefficient (Wildman–Crippen LogP) is 3.71. The van der Waals surface area contributed by atoms with Crippen molar-refractivity contribution in [1.82, 2.24) is 0 Å². The zero-order valence-corrected chi connectivity index (χ0v) is 12.0. The molecular formula is C16H23NO2. The van der Waals surface area contributed by atoms with Crippen LogP contribution < -0.4 is 4.90 Å². The SMILES string of the molecule is Cc1cc(C(=O)O)ccc1N(C)C1CCC(C)CC1. The zero-order chi connectivity index (χ0) is 14.0. The Bertz CT molecular complexity index is 462. The molecular weight excluding hydrogens is 238 g/mol. The van der Waals surface area contributed by atoms with Crippen molar-refractivity contribution in [2.75, 3.05) is 11.9 Å². The molecule has 19 heavy (non-hydrogen) atoms. The number of carboxylic acids is 1. The number of carboxylic acid groups (broad SMARTS) is 1. The van der Waals surface area contributed by atoms with Gasteiger partial charge in [-0.3, -0.25) is 0 Å². The number of benzene rings is 1. The summed E-state index contributed by atoms with van der Waals surface area (Å²) in [6.45, 7) is 4.31. The smallest absolute Gasteiger partial charge is 0.335 e. The monoisotopic (exact) mass is 261 g/mol. The molecule has 0 bridgehead atoms. The highest BCUT2D eigenvalue weighted by molar-refractivity contribution is 5.88. The molecule has 0 heterocycles. The van der Waals surface area contributed by atoms with E-state index in [1.807, 2.05) is 13.0 Å². The second-order valence-electron chi connectivity index (χ2n) is 5.83. The van der Waals surface area contributed by atoms with Crippen molar-refractivity contribution >= 4 is 11.7 Å². The van der Waals surface area contributed by atoms with Crippen molar-refractivity contribution in [3.8, 4) is 0 Å². The van der Waals surface area contributed by atoms with E-state index in [1.54, 1.807) is 12.1 Å². The topological polar surface area (TPSA) is 40.5 Å². The Hall–Kier alpha value is -1.51. The number of carbonyl (C=O) groups is 1. The quantitative estimate of drug-likeness (QED) is 0.901. The Labute approximate surface area is 115 Å². The largest absolute Gasteiger partial charge is 0.478 e. The Morgan fingerprint density at radius 2 is 1.89 bits per heavy atom. The molecule has 0 radical (unpaired) electrons. The summed E-state index contributed by atoms with van der Waals surface area (Å²) in [4.78, 5) is 13.3. The van der Waals surface area contributed by atoms with Gasteiger partial charge in [0.2, 0.25) is 0 Å². The summed E-state index contributed by atoms with van der Waals surface area (Å²) in [5.74, 6) is -0.0103. The molecule has 0 spiro atoms. The van der Waals surface area contributed by atoms with Crippen LogP contribution in [0.2, 0.25) is 0 Å². The van der Waals surface area contributed by atoms with Gasteiger partial charge >= 0.3 is 5.97 Å². The summed E-state index contributed by atoms with van der Waals surface area (Å²) in [5.41, 5.74) is 2.57. The van der Waals surface area contributed by atoms with Crippen molar-refractivity contribution in [1.29, 1.82) is 0 Å². The van der Waals surface area contributed by atoms with Crippen molar-refractivity contribution in [3.63, 3.8) is 0 Å². The van der Waals surface area contributed by atoms with E-state index in [-0.39, 0.29) is 0 Å². The standard InChI is InChI=1S/C16H23NO2/c1-11-4-7-14(8-5-11)17(3)15-9-6-13(16(18)19)10-12(15)2/h6,9-11,14H,4-5,7-8H2,1-3H3,(H,18,19). The number of hydrogen-bond donors (Lipinski definition) is 1. The molecule has 1 aromatic rings. The van der Waals surface area contributed by atoms with Gasteiger partial charge in [-0.2, -0.15) is 0 Å². The average Bonchev–Trinajstić information content (AvgIpc) is 2.38. The average molecular weight is 261 g/mol. The number of hydrogen-bond acceptors (Lipinski definition) is 2. The van der Waals surface area contributed by atoms with E-state index in [2.05, 4.69) is 18.9 Å². The molecule has 0 aliphatic heterocycles. The minimum Gasteiger partial charge on any atom is -0.478 e. The van der Waals surface area contributed by atoms with Crippen LogP contribution in [0.3, 0.4) is 0 Å². The highest BCUT2D eigenvalue weighted by Crippen LogP contribution is 2.31. The van der Waals surface area contributed by atoms with Gasteiger partial charge in [-0.25, -0.2) is 4.79 Å². The first-order valence-electron chi connectivity index (χ1n) is 7.06. The number of nitrogens with zero attached hydrogens (tertiary/aromatic N) is 1. The predicted molar refractivity (Wildman–Crippen MR) is 78.0 cm³/mol. The third kappa shape index (κ3) is 3.09. The van der Waals surface area contributed by atoms with Gasteiger partial charge in [0.05, 0.1) is 5.56 Å². The summed E-state index contributed by atoms with van der Waals surface area (Å²) in [5, 5.41) is 9.00. The van der Waals surface area contributed by atoms with Gasteiger partial charge in [-0.15, -0.1) is 0 Å². The number of rotatable bonds is 3.